The van der Waals surface area contributed by atoms with Crippen molar-refractivity contribution in [3.63, 3.8) is 0 Å². The minimum atomic E-state index is -0.609. The second-order valence-electron chi connectivity index (χ2n) is 6.88. The molecule has 0 bridgehead atoms. The van der Waals surface area contributed by atoms with Crippen LogP contribution in [0.25, 0.3) is 0 Å². The van der Waals surface area contributed by atoms with Gasteiger partial charge in [0.25, 0.3) is 5.91 Å². The van der Waals surface area contributed by atoms with Crippen LogP contribution < -0.4 is 10.1 Å². The van der Waals surface area contributed by atoms with Crippen LogP contribution in [0.3, 0.4) is 0 Å². The third-order valence-electron chi connectivity index (χ3n) is 4.76. The van der Waals surface area contributed by atoms with E-state index in [1.165, 1.54) is 12.1 Å². The minimum Gasteiger partial charge on any atom is -0.479 e. The van der Waals surface area contributed by atoms with Crippen LogP contribution in [-0.2, 0) is 11.3 Å². The predicted octanol–water partition coefficient (Wildman–Crippen LogP) is 4.03. The Kier molecular flexibility index (Phi) is 6.69. The van der Waals surface area contributed by atoms with Crippen molar-refractivity contribution in [2.24, 2.45) is 0 Å². The quantitative estimate of drug-likeness (QED) is 0.809. The fourth-order valence-electron chi connectivity index (χ4n) is 3.19. The molecule has 2 aromatic rings. The zero-order valence-corrected chi connectivity index (χ0v) is 16.1. The third kappa shape index (κ3) is 5.68. The van der Waals surface area contributed by atoms with Crippen molar-refractivity contribution in [1.82, 2.24) is 10.2 Å². The molecule has 4 nitrogen and oxygen atoms in total. The van der Waals surface area contributed by atoms with Gasteiger partial charge in [0.2, 0.25) is 0 Å². The zero-order chi connectivity index (χ0) is 19.2. The molecule has 1 heterocycles. The first-order chi connectivity index (χ1) is 13.0. The van der Waals surface area contributed by atoms with Crippen LogP contribution in [0.5, 0.6) is 5.75 Å². The van der Waals surface area contributed by atoms with Gasteiger partial charge in [-0.3, -0.25) is 9.69 Å². The fraction of sp³-hybridized carbons (Fsp3) is 0.381. The fourth-order valence-corrected chi connectivity index (χ4v) is 3.37. The molecular weight excluding hydrogens is 367 g/mol. The molecule has 1 N–H and O–H groups in total. The molecule has 0 saturated carbocycles. The second kappa shape index (κ2) is 9.20. The Morgan fingerprint density at radius 3 is 2.56 bits per heavy atom. The van der Waals surface area contributed by atoms with Gasteiger partial charge in [-0.1, -0.05) is 35.9 Å². The van der Waals surface area contributed by atoms with Crippen molar-refractivity contribution in [3.8, 4) is 5.75 Å². The maximum atomic E-state index is 13.0. The number of amides is 1. The molecule has 0 radical (unpaired) electrons. The lowest BCUT2D eigenvalue weighted by molar-refractivity contribution is -0.128. The lowest BCUT2D eigenvalue weighted by Gasteiger charge is -2.32. The van der Waals surface area contributed by atoms with Gasteiger partial charge in [0, 0.05) is 25.7 Å². The number of piperidine rings is 1. The van der Waals surface area contributed by atoms with E-state index in [0.29, 0.717) is 10.8 Å². The monoisotopic (exact) mass is 390 g/mol. The summed E-state index contributed by atoms with van der Waals surface area (Å²) in [5, 5.41) is 3.56. The first-order valence-corrected chi connectivity index (χ1v) is 9.57. The lowest BCUT2D eigenvalue weighted by atomic mass is 10.0. The summed E-state index contributed by atoms with van der Waals surface area (Å²) >= 11 is 6.07. The van der Waals surface area contributed by atoms with Gasteiger partial charge >= 0.3 is 0 Å². The van der Waals surface area contributed by atoms with Crippen LogP contribution in [0.15, 0.2) is 48.5 Å². The predicted molar refractivity (Wildman–Crippen MR) is 104 cm³/mol. The molecule has 3 rings (SSSR count). The topological polar surface area (TPSA) is 41.6 Å². The van der Waals surface area contributed by atoms with Crippen molar-refractivity contribution in [2.75, 3.05) is 13.1 Å². The highest BCUT2D eigenvalue weighted by molar-refractivity contribution is 6.32. The highest BCUT2D eigenvalue weighted by Crippen LogP contribution is 2.24. The lowest BCUT2D eigenvalue weighted by Crippen LogP contribution is -2.47. The maximum Gasteiger partial charge on any atom is 0.260 e. The van der Waals surface area contributed by atoms with E-state index in [-0.39, 0.29) is 17.8 Å². The van der Waals surface area contributed by atoms with Gasteiger partial charge in [0.15, 0.2) is 6.10 Å². The number of nitrogens with zero attached hydrogens (tertiary/aromatic N) is 1. The van der Waals surface area contributed by atoms with Gasteiger partial charge in [0.05, 0.1) is 5.02 Å². The van der Waals surface area contributed by atoms with Crippen molar-refractivity contribution < 1.29 is 13.9 Å². The van der Waals surface area contributed by atoms with E-state index in [1.807, 2.05) is 24.3 Å². The molecule has 6 heteroatoms. The molecule has 2 aromatic carbocycles. The summed E-state index contributed by atoms with van der Waals surface area (Å²) in [4.78, 5) is 14.7. The van der Waals surface area contributed by atoms with Gasteiger partial charge in [-0.15, -0.1) is 0 Å². The molecule has 1 aliphatic heterocycles. The number of nitrogens with one attached hydrogen (secondary N) is 1. The Morgan fingerprint density at radius 2 is 1.89 bits per heavy atom. The number of carbonyl (C=O) groups is 1. The Labute approximate surface area is 164 Å². The number of rotatable bonds is 6. The van der Waals surface area contributed by atoms with Crippen LogP contribution in [0, 0.1) is 5.82 Å². The van der Waals surface area contributed by atoms with E-state index in [2.05, 4.69) is 10.2 Å². The van der Waals surface area contributed by atoms with Crippen molar-refractivity contribution in [1.29, 1.82) is 0 Å². The van der Waals surface area contributed by atoms with E-state index in [1.54, 1.807) is 19.1 Å². The Hall–Kier alpha value is -2.11. The SMILES string of the molecule is C[C@@H](Oc1ccccc1Cl)C(=O)NC1CCN(Cc2ccc(F)cc2)CC1. The highest BCUT2D eigenvalue weighted by Gasteiger charge is 2.24. The molecule has 1 atom stereocenters. The van der Waals surface area contributed by atoms with Gasteiger partial charge in [-0.2, -0.15) is 0 Å². The van der Waals surface area contributed by atoms with E-state index < -0.39 is 6.10 Å². The van der Waals surface area contributed by atoms with Crippen molar-refractivity contribution in [3.05, 3.63) is 64.9 Å². The normalized spacial score (nSPS) is 16.7. The van der Waals surface area contributed by atoms with Crippen LogP contribution >= 0.6 is 11.6 Å². The number of carbonyl (C=O) groups excluding carboxylic acids is 1. The molecule has 144 valence electrons. The zero-order valence-electron chi connectivity index (χ0n) is 15.3. The van der Waals surface area contributed by atoms with E-state index in [0.717, 1.165) is 38.0 Å². The number of para-hydroxylation sites is 1. The molecule has 1 fully saturated rings. The van der Waals surface area contributed by atoms with Crippen LogP contribution in [0.4, 0.5) is 4.39 Å². The highest BCUT2D eigenvalue weighted by atomic mass is 35.5. The van der Waals surface area contributed by atoms with Crippen LogP contribution in [0.1, 0.15) is 25.3 Å². The molecule has 0 spiro atoms. The third-order valence-corrected chi connectivity index (χ3v) is 5.08. The van der Waals surface area contributed by atoms with E-state index >= 15 is 0 Å². The van der Waals surface area contributed by atoms with Gasteiger partial charge < -0.3 is 10.1 Å². The number of hydrogen-bond acceptors (Lipinski definition) is 3. The smallest absolute Gasteiger partial charge is 0.260 e. The van der Waals surface area contributed by atoms with Crippen molar-refractivity contribution in [2.45, 2.75) is 38.5 Å². The van der Waals surface area contributed by atoms with E-state index in [9.17, 15) is 9.18 Å². The van der Waals surface area contributed by atoms with Gasteiger partial charge in [-0.05, 0) is 49.6 Å². The molecule has 1 saturated heterocycles. The average Bonchev–Trinajstić information content (AvgIpc) is 2.67. The summed E-state index contributed by atoms with van der Waals surface area (Å²) in [6.07, 6.45) is 1.15. The molecule has 1 aliphatic rings. The standard InChI is InChI=1S/C21H24ClFN2O2/c1-15(27-20-5-3-2-4-19(20)22)21(26)24-18-10-12-25(13-11-18)14-16-6-8-17(23)9-7-16/h2-9,15,18H,10-14H2,1H3,(H,24,26)/t15-/m1/s1. The van der Waals surface area contributed by atoms with Crippen LogP contribution in [0.2, 0.25) is 5.02 Å². The molecule has 0 aromatic heterocycles. The van der Waals surface area contributed by atoms with Crippen LogP contribution in [-0.4, -0.2) is 36.0 Å². The number of benzene rings is 2. The Balaban J connectivity index is 1.43. The number of likely N-dealkylation sites (tertiary alicyclic amines) is 1. The first-order valence-electron chi connectivity index (χ1n) is 9.19. The molecule has 27 heavy (non-hydrogen) atoms. The summed E-state index contributed by atoms with van der Waals surface area (Å²) < 4.78 is 18.7. The van der Waals surface area contributed by atoms with Gasteiger partial charge in [0.1, 0.15) is 11.6 Å². The number of hydrogen-bond donors (Lipinski definition) is 1. The van der Waals surface area contributed by atoms with Gasteiger partial charge in [-0.25, -0.2) is 4.39 Å². The minimum absolute atomic E-state index is 0.132. The number of halogens is 2. The summed E-state index contributed by atoms with van der Waals surface area (Å²) in [5.41, 5.74) is 1.10. The number of ether oxygens (including phenoxy) is 1. The average molecular weight is 391 g/mol. The summed E-state index contributed by atoms with van der Waals surface area (Å²) in [6.45, 7) is 4.31. The van der Waals surface area contributed by atoms with E-state index in [4.69, 9.17) is 16.3 Å². The molecular formula is C21H24ClFN2O2. The summed E-state index contributed by atoms with van der Waals surface area (Å²) in [5.74, 6) is 0.163. The Bertz CT molecular complexity index is 761. The van der Waals surface area contributed by atoms with Crippen molar-refractivity contribution >= 4 is 17.5 Å². The second-order valence-corrected chi connectivity index (χ2v) is 7.28. The molecule has 0 aliphatic carbocycles. The largest absolute Gasteiger partial charge is 0.479 e. The molecule has 1 amide bonds. The summed E-state index contributed by atoms with van der Waals surface area (Å²) in [7, 11) is 0. The molecule has 0 unspecified atom stereocenters. The summed E-state index contributed by atoms with van der Waals surface area (Å²) in [6, 6.07) is 13.9. The maximum absolute atomic E-state index is 13.0. The Morgan fingerprint density at radius 1 is 1.22 bits per heavy atom. The first kappa shape index (κ1) is 19.6.